The van der Waals surface area contributed by atoms with E-state index in [1.807, 2.05) is 12.1 Å². The molecule has 0 amide bonds. The molecule has 1 aromatic rings. The molecule has 0 N–H and O–H groups in total. The Bertz CT molecular complexity index is 463. The van der Waals surface area contributed by atoms with Gasteiger partial charge in [-0.1, -0.05) is 37.3 Å². The molecule has 0 aromatic heterocycles. The zero-order chi connectivity index (χ0) is 15.2. The number of rotatable bonds is 6. The topological polar surface area (TPSA) is 0 Å². The molecule has 1 unspecified atom stereocenters. The first-order chi connectivity index (χ1) is 9.38. The minimum Gasteiger partial charge on any atom is -0.224 e. The lowest BCUT2D eigenvalue weighted by Crippen LogP contribution is -1.97. The highest BCUT2D eigenvalue weighted by molar-refractivity contribution is 8.35. The Morgan fingerprint density at radius 3 is 2.25 bits per heavy atom. The van der Waals surface area contributed by atoms with Crippen molar-refractivity contribution in [1.29, 1.82) is 0 Å². The monoisotopic (exact) mass is 294 g/mol. The van der Waals surface area contributed by atoms with Gasteiger partial charge in [0.1, 0.15) is 5.82 Å². The van der Waals surface area contributed by atoms with Gasteiger partial charge in [0, 0.05) is 0 Å². The number of halogens is 1. The molecule has 0 aliphatic heterocycles. The second kappa shape index (κ2) is 7.68. The Labute approximate surface area is 125 Å². The molecule has 1 atom stereocenters. The molecule has 0 saturated carbocycles. The van der Waals surface area contributed by atoms with E-state index in [1.165, 1.54) is 10.5 Å². The highest BCUT2D eigenvalue weighted by Gasteiger charge is 2.09. The quantitative estimate of drug-likeness (QED) is 0.576. The van der Waals surface area contributed by atoms with Crippen LogP contribution in [0.2, 0.25) is 0 Å². The van der Waals surface area contributed by atoms with E-state index < -0.39 is 10.0 Å². The number of hydrogen-bond acceptors (Lipinski definition) is 0. The fourth-order valence-electron chi connectivity index (χ4n) is 2.28. The fourth-order valence-corrected chi connectivity index (χ4v) is 3.49. The number of allylic oxidation sites excluding steroid dienone is 3. The van der Waals surface area contributed by atoms with Crippen LogP contribution < -0.4 is 0 Å². The zero-order valence-electron chi connectivity index (χ0n) is 13.3. The van der Waals surface area contributed by atoms with Gasteiger partial charge in [0.05, 0.1) is 0 Å². The van der Waals surface area contributed by atoms with Crippen LogP contribution in [0.5, 0.6) is 0 Å². The van der Waals surface area contributed by atoms with Gasteiger partial charge in [0.2, 0.25) is 0 Å². The molecule has 0 radical (unpaired) electrons. The molecule has 0 fully saturated rings. The van der Waals surface area contributed by atoms with E-state index in [0.29, 0.717) is 5.92 Å². The summed E-state index contributed by atoms with van der Waals surface area (Å²) in [6.07, 6.45) is 15.8. The van der Waals surface area contributed by atoms with Gasteiger partial charge in [0.25, 0.3) is 0 Å². The molecule has 0 bridgehead atoms. The summed E-state index contributed by atoms with van der Waals surface area (Å²) in [7, 11) is -0.665. The number of hydrogen-bond donors (Lipinski definition) is 0. The van der Waals surface area contributed by atoms with Crippen LogP contribution in [0.25, 0.3) is 0 Å². The minimum atomic E-state index is -0.665. The molecule has 0 heterocycles. The molecule has 0 nitrogen and oxygen atoms in total. The normalized spacial score (nSPS) is 15.6. The van der Waals surface area contributed by atoms with E-state index in [9.17, 15) is 4.39 Å². The van der Waals surface area contributed by atoms with Crippen molar-refractivity contribution in [2.75, 3.05) is 18.8 Å². The summed E-state index contributed by atoms with van der Waals surface area (Å²) >= 11 is 0. The zero-order valence-corrected chi connectivity index (χ0v) is 14.1. The SMILES string of the molecule is C/C=C(\C=C/CC(CC)c1ccc(F)cc1)S(C)(C)C. The average molecular weight is 294 g/mol. The van der Waals surface area contributed by atoms with E-state index in [2.05, 4.69) is 50.8 Å². The summed E-state index contributed by atoms with van der Waals surface area (Å²) in [6, 6.07) is 6.92. The summed E-state index contributed by atoms with van der Waals surface area (Å²) in [6.45, 7) is 4.29. The van der Waals surface area contributed by atoms with Crippen molar-refractivity contribution in [2.45, 2.75) is 32.6 Å². The molecular weight excluding hydrogens is 267 g/mol. The number of benzene rings is 1. The average Bonchev–Trinajstić information content (AvgIpc) is 2.39. The van der Waals surface area contributed by atoms with Crippen LogP contribution in [0, 0.1) is 5.82 Å². The van der Waals surface area contributed by atoms with Gasteiger partial charge in [-0.3, -0.25) is 0 Å². The second-order valence-corrected chi connectivity index (χ2v) is 9.97. The van der Waals surface area contributed by atoms with Crippen LogP contribution in [-0.2, 0) is 0 Å². The summed E-state index contributed by atoms with van der Waals surface area (Å²) in [5.74, 6) is 0.312. The Hall–Kier alpha value is -1.02. The summed E-state index contributed by atoms with van der Waals surface area (Å²) in [5, 5.41) is 0. The lowest BCUT2D eigenvalue weighted by molar-refractivity contribution is 0.622. The molecule has 112 valence electrons. The maximum atomic E-state index is 13.0. The summed E-state index contributed by atoms with van der Waals surface area (Å²) in [4.78, 5) is 1.44. The Morgan fingerprint density at radius 2 is 1.80 bits per heavy atom. The molecule has 20 heavy (non-hydrogen) atoms. The lowest BCUT2D eigenvalue weighted by atomic mass is 9.93. The fraction of sp³-hybridized carbons (Fsp3) is 0.444. The first-order valence-electron chi connectivity index (χ1n) is 7.15. The Kier molecular flexibility index (Phi) is 6.54. The summed E-state index contributed by atoms with van der Waals surface area (Å²) in [5.41, 5.74) is 1.23. The van der Waals surface area contributed by atoms with Crippen molar-refractivity contribution in [3.8, 4) is 0 Å². The molecule has 2 heteroatoms. The Balaban J connectivity index is 2.73. The standard InChI is InChI=1S/C18H27FS/c1-6-15(16-11-13-17(19)14-12-16)9-8-10-18(7-2)20(3,4)5/h7-8,10-15H,6,9H2,1-5H3/b10-8-,18-7+. The van der Waals surface area contributed by atoms with Crippen molar-refractivity contribution >= 4 is 10.0 Å². The van der Waals surface area contributed by atoms with E-state index >= 15 is 0 Å². The molecule has 0 saturated heterocycles. The van der Waals surface area contributed by atoms with Crippen molar-refractivity contribution in [1.82, 2.24) is 0 Å². The molecule has 0 aliphatic carbocycles. The van der Waals surface area contributed by atoms with Crippen LogP contribution in [0.4, 0.5) is 4.39 Å². The molecule has 1 rings (SSSR count). The summed E-state index contributed by atoms with van der Waals surface area (Å²) < 4.78 is 13.0. The van der Waals surface area contributed by atoms with Gasteiger partial charge in [-0.2, -0.15) is 0 Å². The van der Waals surface area contributed by atoms with Crippen LogP contribution in [0.15, 0.2) is 47.4 Å². The molecular formula is C18H27FS. The van der Waals surface area contributed by atoms with E-state index in [0.717, 1.165) is 12.8 Å². The lowest BCUT2D eigenvalue weighted by Gasteiger charge is -2.27. The van der Waals surface area contributed by atoms with E-state index in [1.54, 1.807) is 12.1 Å². The van der Waals surface area contributed by atoms with Crippen molar-refractivity contribution in [3.63, 3.8) is 0 Å². The highest BCUT2D eigenvalue weighted by Crippen LogP contribution is 2.45. The van der Waals surface area contributed by atoms with Gasteiger partial charge < -0.3 is 0 Å². The van der Waals surface area contributed by atoms with Gasteiger partial charge in [-0.05, 0) is 67.1 Å². The molecule has 1 aromatic carbocycles. The first kappa shape index (κ1) is 17.0. The minimum absolute atomic E-state index is 0.160. The maximum Gasteiger partial charge on any atom is 0.123 e. The molecule has 0 aliphatic rings. The van der Waals surface area contributed by atoms with Crippen LogP contribution >= 0.6 is 10.0 Å². The highest BCUT2D eigenvalue weighted by atomic mass is 32.3. The third-order valence-corrected chi connectivity index (χ3v) is 5.31. The predicted octanol–water partition coefficient (Wildman–Crippen LogP) is 5.86. The first-order valence-corrected chi connectivity index (χ1v) is 10.0. The van der Waals surface area contributed by atoms with Crippen molar-refractivity contribution in [2.24, 2.45) is 0 Å². The third kappa shape index (κ3) is 5.16. The van der Waals surface area contributed by atoms with Crippen LogP contribution in [-0.4, -0.2) is 18.8 Å². The Morgan fingerprint density at radius 1 is 1.20 bits per heavy atom. The molecule has 0 spiro atoms. The van der Waals surface area contributed by atoms with Crippen LogP contribution in [0.1, 0.15) is 38.2 Å². The van der Waals surface area contributed by atoms with Gasteiger partial charge in [0.15, 0.2) is 0 Å². The third-order valence-electron chi connectivity index (χ3n) is 3.53. The largest absolute Gasteiger partial charge is 0.224 e. The van der Waals surface area contributed by atoms with Gasteiger partial charge in [-0.15, -0.1) is 0 Å². The maximum absolute atomic E-state index is 13.0. The van der Waals surface area contributed by atoms with Gasteiger partial charge in [-0.25, -0.2) is 14.4 Å². The second-order valence-electron chi connectivity index (χ2n) is 5.82. The van der Waals surface area contributed by atoms with Crippen molar-refractivity contribution < 1.29 is 4.39 Å². The predicted molar refractivity (Wildman–Crippen MR) is 92.3 cm³/mol. The van der Waals surface area contributed by atoms with Crippen molar-refractivity contribution in [3.05, 3.63) is 58.8 Å². The van der Waals surface area contributed by atoms with E-state index in [-0.39, 0.29) is 5.82 Å². The van der Waals surface area contributed by atoms with Gasteiger partial charge >= 0.3 is 0 Å². The van der Waals surface area contributed by atoms with E-state index in [4.69, 9.17) is 0 Å². The smallest absolute Gasteiger partial charge is 0.123 e. The van der Waals surface area contributed by atoms with Crippen LogP contribution in [0.3, 0.4) is 0 Å².